The molecule has 0 saturated carbocycles. The molecule has 4 nitrogen and oxygen atoms in total. The second-order valence-electron chi connectivity index (χ2n) is 5.23. The number of rotatable bonds is 1. The van der Waals surface area contributed by atoms with E-state index in [0.29, 0.717) is 0 Å². The molecule has 1 aromatic rings. The van der Waals surface area contributed by atoms with Crippen molar-refractivity contribution in [2.24, 2.45) is 10.5 Å². The van der Waals surface area contributed by atoms with Crippen LogP contribution >= 0.6 is 0 Å². The van der Waals surface area contributed by atoms with Gasteiger partial charge in [-0.25, -0.2) is 5.01 Å². The van der Waals surface area contributed by atoms with Gasteiger partial charge in [-0.05, 0) is 17.7 Å². The quantitative estimate of drug-likeness (QED) is 0.745. The van der Waals surface area contributed by atoms with E-state index in [0.717, 1.165) is 12.0 Å². The maximum absolute atomic E-state index is 12.2. The SMILES string of the molecule is CC(C)(C)C(=O)N1N=CCC1c1ccncc1. The van der Waals surface area contributed by atoms with Crippen LogP contribution in [0.5, 0.6) is 0 Å². The summed E-state index contributed by atoms with van der Waals surface area (Å²) in [6.07, 6.45) is 6.06. The summed E-state index contributed by atoms with van der Waals surface area (Å²) in [5, 5.41) is 5.79. The number of aromatic nitrogens is 1. The van der Waals surface area contributed by atoms with Crippen molar-refractivity contribution in [2.45, 2.75) is 33.2 Å². The molecule has 1 unspecified atom stereocenters. The molecule has 0 saturated heterocycles. The minimum Gasteiger partial charge on any atom is -0.272 e. The fourth-order valence-corrected chi connectivity index (χ4v) is 1.82. The lowest BCUT2D eigenvalue weighted by atomic mass is 9.94. The Morgan fingerprint density at radius 2 is 2.00 bits per heavy atom. The van der Waals surface area contributed by atoms with E-state index >= 15 is 0 Å². The monoisotopic (exact) mass is 231 g/mol. The van der Waals surface area contributed by atoms with Crippen LogP contribution in [-0.4, -0.2) is 22.1 Å². The predicted octanol–water partition coefficient (Wildman–Crippen LogP) is 2.39. The molecule has 1 aliphatic heterocycles. The molecule has 1 aromatic heterocycles. The molecule has 0 aliphatic carbocycles. The van der Waals surface area contributed by atoms with Crippen LogP contribution in [0.25, 0.3) is 0 Å². The summed E-state index contributed by atoms with van der Waals surface area (Å²) in [5.74, 6) is 0.0491. The van der Waals surface area contributed by atoms with Gasteiger partial charge in [0.15, 0.2) is 0 Å². The van der Waals surface area contributed by atoms with E-state index in [4.69, 9.17) is 0 Å². The first-order chi connectivity index (χ1) is 8.00. The lowest BCUT2D eigenvalue weighted by Gasteiger charge is -2.28. The van der Waals surface area contributed by atoms with Crippen molar-refractivity contribution in [1.82, 2.24) is 9.99 Å². The second kappa shape index (κ2) is 4.28. The van der Waals surface area contributed by atoms with Crippen molar-refractivity contribution in [1.29, 1.82) is 0 Å². The van der Waals surface area contributed by atoms with Crippen molar-refractivity contribution in [3.8, 4) is 0 Å². The summed E-state index contributed by atoms with van der Waals surface area (Å²) in [5.41, 5.74) is 0.669. The summed E-state index contributed by atoms with van der Waals surface area (Å²) in [6.45, 7) is 5.73. The van der Waals surface area contributed by atoms with Crippen LogP contribution in [0.1, 0.15) is 38.8 Å². The van der Waals surface area contributed by atoms with Gasteiger partial charge in [-0.2, -0.15) is 5.10 Å². The van der Waals surface area contributed by atoms with Crippen LogP contribution in [0.15, 0.2) is 29.6 Å². The average molecular weight is 231 g/mol. The third-order valence-corrected chi connectivity index (χ3v) is 2.77. The number of hydrogen-bond acceptors (Lipinski definition) is 3. The Bertz CT molecular complexity index is 434. The van der Waals surface area contributed by atoms with Crippen molar-refractivity contribution in [2.75, 3.05) is 0 Å². The maximum atomic E-state index is 12.2. The van der Waals surface area contributed by atoms with Gasteiger partial charge in [0.25, 0.3) is 0 Å². The average Bonchev–Trinajstić information content (AvgIpc) is 2.76. The fourth-order valence-electron chi connectivity index (χ4n) is 1.82. The molecule has 0 N–H and O–H groups in total. The first kappa shape index (κ1) is 11.8. The van der Waals surface area contributed by atoms with Crippen LogP contribution in [-0.2, 0) is 4.79 Å². The van der Waals surface area contributed by atoms with Crippen LogP contribution in [0, 0.1) is 5.41 Å². The van der Waals surface area contributed by atoms with Gasteiger partial charge in [-0.3, -0.25) is 9.78 Å². The normalized spacial score (nSPS) is 19.7. The van der Waals surface area contributed by atoms with E-state index in [2.05, 4.69) is 10.1 Å². The van der Waals surface area contributed by atoms with E-state index in [1.54, 1.807) is 23.6 Å². The summed E-state index contributed by atoms with van der Waals surface area (Å²) < 4.78 is 0. The van der Waals surface area contributed by atoms with Gasteiger partial charge >= 0.3 is 0 Å². The Morgan fingerprint density at radius 3 is 2.59 bits per heavy atom. The molecule has 0 radical (unpaired) electrons. The van der Waals surface area contributed by atoms with Crippen LogP contribution in [0.2, 0.25) is 0 Å². The topological polar surface area (TPSA) is 45.6 Å². The van der Waals surface area contributed by atoms with Gasteiger partial charge in [0, 0.05) is 30.4 Å². The van der Waals surface area contributed by atoms with Gasteiger partial charge in [-0.1, -0.05) is 20.8 Å². The van der Waals surface area contributed by atoms with Gasteiger partial charge in [0.05, 0.1) is 6.04 Å². The van der Waals surface area contributed by atoms with Crippen LogP contribution in [0.4, 0.5) is 0 Å². The molecule has 4 heteroatoms. The maximum Gasteiger partial charge on any atom is 0.248 e. The summed E-state index contributed by atoms with van der Waals surface area (Å²) in [7, 11) is 0. The Hall–Kier alpha value is -1.71. The molecule has 0 bridgehead atoms. The molecule has 90 valence electrons. The van der Waals surface area contributed by atoms with Gasteiger partial charge in [0.1, 0.15) is 0 Å². The molecule has 2 heterocycles. The van der Waals surface area contributed by atoms with Gasteiger partial charge < -0.3 is 0 Å². The predicted molar refractivity (Wildman–Crippen MR) is 66.4 cm³/mol. The van der Waals surface area contributed by atoms with Crippen molar-refractivity contribution >= 4 is 12.1 Å². The van der Waals surface area contributed by atoms with E-state index in [9.17, 15) is 4.79 Å². The molecule has 0 fully saturated rings. The lowest BCUT2D eigenvalue weighted by Crippen LogP contribution is -2.36. The minimum atomic E-state index is -0.410. The van der Waals surface area contributed by atoms with Gasteiger partial charge in [0.2, 0.25) is 5.91 Å². The number of amides is 1. The zero-order valence-electron chi connectivity index (χ0n) is 10.4. The second-order valence-corrected chi connectivity index (χ2v) is 5.23. The number of pyridine rings is 1. The number of carbonyl (C=O) groups excluding carboxylic acids is 1. The van der Waals surface area contributed by atoms with Crippen molar-refractivity contribution in [3.63, 3.8) is 0 Å². The van der Waals surface area contributed by atoms with Crippen molar-refractivity contribution < 1.29 is 4.79 Å². The number of hydrazone groups is 1. The number of carbonyl (C=O) groups is 1. The van der Waals surface area contributed by atoms with Gasteiger partial charge in [-0.15, -0.1) is 0 Å². The lowest BCUT2D eigenvalue weighted by molar-refractivity contribution is -0.141. The molecule has 1 amide bonds. The fraction of sp³-hybridized carbons (Fsp3) is 0.462. The Kier molecular flexibility index (Phi) is 2.96. The molecule has 0 aromatic carbocycles. The number of nitrogens with zero attached hydrogens (tertiary/aromatic N) is 3. The Morgan fingerprint density at radius 1 is 1.35 bits per heavy atom. The highest BCUT2D eigenvalue weighted by atomic mass is 16.2. The summed E-state index contributed by atoms with van der Waals surface area (Å²) in [6, 6.07) is 3.88. The molecule has 1 atom stereocenters. The first-order valence-electron chi connectivity index (χ1n) is 5.76. The molecule has 1 aliphatic rings. The molecule has 17 heavy (non-hydrogen) atoms. The summed E-state index contributed by atoms with van der Waals surface area (Å²) >= 11 is 0. The zero-order valence-corrected chi connectivity index (χ0v) is 10.4. The van der Waals surface area contributed by atoms with Crippen molar-refractivity contribution in [3.05, 3.63) is 30.1 Å². The largest absolute Gasteiger partial charge is 0.272 e. The molecule has 0 spiro atoms. The zero-order chi connectivity index (χ0) is 12.5. The third kappa shape index (κ3) is 2.35. The third-order valence-electron chi connectivity index (χ3n) is 2.77. The smallest absolute Gasteiger partial charge is 0.248 e. The highest BCUT2D eigenvalue weighted by Gasteiger charge is 2.34. The van der Waals surface area contributed by atoms with E-state index in [1.165, 1.54) is 0 Å². The van der Waals surface area contributed by atoms with Crippen LogP contribution < -0.4 is 0 Å². The van der Waals surface area contributed by atoms with Crippen LogP contribution in [0.3, 0.4) is 0 Å². The Balaban J connectivity index is 2.24. The highest BCUT2D eigenvalue weighted by Crippen LogP contribution is 2.31. The Labute approximate surface area is 101 Å². The molecular formula is C13H17N3O. The molecular weight excluding hydrogens is 214 g/mol. The van der Waals surface area contributed by atoms with E-state index in [1.807, 2.05) is 32.9 Å². The summed E-state index contributed by atoms with van der Waals surface area (Å²) in [4.78, 5) is 16.2. The van der Waals surface area contributed by atoms with E-state index in [-0.39, 0.29) is 11.9 Å². The van der Waals surface area contributed by atoms with E-state index < -0.39 is 5.41 Å². The highest BCUT2D eigenvalue weighted by molar-refractivity contribution is 5.84. The molecule has 2 rings (SSSR count). The standard InChI is InChI=1S/C13H17N3O/c1-13(2,3)12(17)16-11(6-9-15-16)10-4-7-14-8-5-10/h4-5,7-9,11H,6H2,1-3H3. The minimum absolute atomic E-state index is 0.0183. The first-order valence-corrected chi connectivity index (χ1v) is 5.76. The number of hydrogen-bond donors (Lipinski definition) is 0.